The lowest BCUT2D eigenvalue weighted by molar-refractivity contribution is -0.114. The van der Waals surface area contributed by atoms with E-state index in [9.17, 15) is 14.4 Å². The number of rotatable bonds is 4. The predicted molar refractivity (Wildman–Crippen MR) is 78.3 cm³/mol. The molecule has 1 amide bonds. The van der Waals surface area contributed by atoms with Crippen LogP contribution in [0.4, 0.5) is 5.69 Å². The van der Waals surface area contributed by atoms with E-state index < -0.39 is 0 Å². The Balaban J connectivity index is 2.29. The van der Waals surface area contributed by atoms with Gasteiger partial charge in [0.05, 0.1) is 6.54 Å². The molecule has 0 aliphatic rings. The number of hydrogen-bond acceptors (Lipinski definition) is 4. The zero-order chi connectivity index (χ0) is 15.4. The van der Waals surface area contributed by atoms with Crippen molar-refractivity contribution in [2.45, 2.75) is 20.4 Å². The first-order valence-corrected chi connectivity index (χ1v) is 6.41. The van der Waals surface area contributed by atoms with E-state index in [0.29, 0.717) is 5.69 Å². The summed E-state index contributed by atoms with van der Waals surface area (Å²) in [5.41, 5.74) is 1.41. The summed E-state index contributed by atoms with van der Waals surface area (Å²) in [7, 11) is 0. The summed E-state index contributed by atoms with van der Waals surface area (Å²) in [4.78, 5) is 34.1. The number of aromatic nitrogens is 2. The monoisotopic (exact) mass is 285 g/mol. The average molecular weight is 285 g/mol. The van der Waals surface area contributed by atoms with Gasteiger partial charge in [0, 0.05) is 25.6 Å². The molecule has 6 nitrogen and oxygen atoms in total. The van der Waals surface area contributed by atoms with Crippen molar-refractivity contribution >= 4 is 17.4 Å². The highest BCUT2D eigenvalue weighted by Gasteiger charge is 2.06. The van der Waals surface area contributed by atoms with Crippen molar-refractivity contribution in [3.63, 3.8) is 0 Å². The van der Waals surface area contributed by atoms with Crippen LogP contribution in [0.5, 0.6) is 0 Å². The van der Waals surface area contributed by atoms with Crippen molar-refractivity contribution < 1.29 is 9.59 Å². The van der Waals surface area contributed by atoms with Crippen molar-refractivity contribution in [3.05, 3.63) is 58.0 Å². The molecule has 1 aromatic carbocycles. The smallest absolute Gasteiger partial charge is 0.267 e. The van der Waals surface area contributed by atoms with Gasteiger partial charge in [0.1, 0.15) is 5.69 Å². The van der Waals surface area contributed by atoms with Crippen molar-refractivity contribution in [1.29, 1.82) is 0 Å². The van der Waals surface area contributed by atoms with Gasteiger partial charge < -0.3 is 5.32 Å². The molecule has 2 aromatic rings. The number of anilines is 1. The number of nitrogens with one attached hydrogen (secondary N) is 1. The third kappa shape index (κ3) is 3.85. The second-order valence-electron chi connectivity index (χ2n) is 4.65. The van der Waals surface area contributed by atoms with Crippen LogP contribution in [0.2, 0.25) is 0 Å². The van der Waals surface area contributed by atoms with E-state index >= 15 is 0 Å². The fourth-order valence-electron chi connectivity index (χ4n) is 1.87. The predicted octanol–water partition coefficient (Wildman–Crippen LogP) is 1.45. The molecule has 0 radical (unpaired) electrons. The van der Waals surface area contributed by atoms with Gasteiger partial charge >= 0.3 is 0 Å². The van der Waals surface area contributed by atoms with E-state index in [-0.39, 0.29) is 29.5 Å². The topological polar surface area (TPSA) is 81.1 Å². The van der Waals surface area contributed by atoms with Gasteiger partial charge in [-0.25, -0.2) is 4.68 Å². The summed E-state index contributed by atoms with van der Waals surface area (Å²) in [6.45, 7) is 3.05. The van der Waals surface area contributed by atoms with Crippen LogP contribution in [0, 0.1) is 0 Å². The van der Waals surface area contributed by atoms with E-state index in [2.05, 4.69) is 10.4 Å². The molecule has 0 spiro atoms. The van der Waals surface area contributed by atoms with Crippen LogP contribution in [0.3, 0.4) is 0 Å². The number of carbonyl (C=O) groups excluding carboxylic acids is 2. The minimum absolute atomic E-state index is 0.166. The Morgan fingerprint density at radius 3 is 2.62 bits per heavy atom. The standard InChI is InChI=1S/C15H15N3O3/c1-10(19)14-6-7-15(21)18(17-14)9-12-4-3-5-13(8-12)16-11(2)20/h3-8H,9H2,1-2H3,(H,16,20). The number of hydrogen-bond donors (Lipinski definition) is 1. The largest absolute Gasteiger partial charge is 0.326 e. The first-order chi connectivity index (χ1) is 9.95. The van der Waals surface area contributed by atoms with E-state index in [4.69, 9.17) is 0 Å². The average Bonchev–Trinajstić information content (AvgIpc) is 2.40. The van der Waals surface area contributed by atoms with Crippen LogP contribution in [0.25, 0.3) is 0 Å². The molecule has 0 atom stereocenters. The minimum Gasteiger partial charge on any atom is -0.326 e. The van der Waals surface area contributed by atoms with E-state index in [0.717, 1.165) is 5.56 Å². The highest BCUT2D eigenvalue weighted by Crippen LogP contribution is 2.11. The van der Waals surface area contributed by atoms with E-state index in [1.807, 2.05) is 6.07 Å². The zero-order valence-corrected chi connectivity index (χ0v) is 11.8. The second kappa shape index (κ2) is 6.13. The van der Waals surface area contributed by atoms with Gasteiger partial charge in [0.25, 0.3) is 5.56 Å². The summed E-state index contributed by atoms with van der Waals surface area (Å²) < 4.78 is 1.23. The Morgan fingerprint density at radius 2 is 1.95 bits per heavy atom. The van der Waals surface area contributed by atoms with Crippen molar-refractivity contribution in [3.8, 4) is 0 Å². The Hall–Kier alpha value is -2.76. The number of Topliss-reactive ketones (excluding diaryl/α,β-unsaturated/α-hetero) is 1. The maximum Gasteiger partial charge on any atom is 0.267 e. The maximum absolute atomic E-state index is 11.8. The van der Waals surface area contributed by atoms with Gasteiger partial charge in [0.2, 0.25) is 5.91 Å². The second-order valence-corrected chi connectivity index (χ2v) is 4.65. The van der Waals surface area contributed by atoms with Gasteiger partial charge in [-0.2, -0.15) is 5.10 Å². The van der Waals surface area contributed by atoms with Gasteiger partial charge in [-0.05, 0) is 23.8 Å². The Morgan fingerprint density at radius 1 is 1.19 bits per heavy atom. The molecule has 0 aliphatic carbocycles. The number of ketones is 1. The lowest BCUT2D eigenvalue weighted by Gasteiger charge is -2.08. The van der Waals surface area contributed by atoms with Gasteiger partial charge in [0.15, 0.2) is 5.78 Å². The number of amides is 1. The fraction of sp³-hybridized carbons (Fsp3) is 0.200. The molecule has 0 aliphatic heterocycles. The molecule has 0 bridgehead atoms. The maximum atomic E-state index is 11.8. The van der Waals surface area contributed by atoms with Crippen molar-refractivity contribution in [2.75, 3.05) is 5.32 Å². The van der Waals surface area contributed by atoms with Crippen LogP contribution >= 0.6 is 0 Å². The van der Waals surface area contributed by atoms with Crippen LogP contribution < -0.4 is 10.9 Å². The number of nitrogens with zero attached hydrogens (tertiary/aromatic N) is 2. The summed E-state index contributed by atoms with van der Waals surface area (Å²) in [5.74, 6) is -0.364. The van der Waals surface area contributed by atoms with Crippen molar-refractivity contribution in [1.82, 2.24) is 9.78 Å². The quantitative estimate of drug-likeness (QED) is 0.862. The molecule has 1 aromatic heterocycles. The summed E-state index contributed by atoms with van der Waals surface area (Å²) in [5, 5.41) is 6.70. The number of benzene rings is 1. The summed E-state index contributed by atoms with van der Waals surface area (Å²) in [6, 6.07) is 9.85. The Bertz CT molecular complexity index is 750. The molecule has 2 rings (SSSR count). The molecule has 6 heteroatoms. The molecular weight excluding hydrogens is 270 g/mol. The molecule has 0 saturated carbocycles. The first-order valence-electron chi connectivity index (χ1n) is 6.41. The number of carbonyl (C=O) groups is 2. The van der Waals surface area contributed by atoms with Crippen molar-refractivity contribution in [2.24, 2.45) is 0 Å². The molecule has 0 saturated heterocycles. The summed E-state index contributed by atoms with van der Waals surface area (Å²) in [6.07, 6.45) is 0. The molecule has 0 unspecified atom stereocenters. The molecular formula is C15H15N3O3. The highest BCUT2D eigenvalue weighted by molar-refractivity contribution is 5.91. The van der Waals surface area contributed by atoms with Gasteiger partial charge in [-0.1, -0.05) is 12.1 Å². The zero-order valence-electron chi connectivity index (χ0n) is 11.8. The molecule has 21 heavy (non-hydrogen) atoms. The molecule has 1 heterocycles. The van der Waals surface area contributed by atoms with Crippen LogP contribution in [-0.2, 0) is 11.3 Å². The normalized spacial score (nSPS) is 10.2. The minimum atomic E-state index is -0.287. The summed E-state index contributed by atoms with van der Waals surface area (Å²) >= 11 is 0. The van der Waals surface area contributed by atoms with Gasteiger partial charge in [-0.3, -0.25) is 14.4 Å². The molecule has 0 fully saturated rings. The molecule has 1 N–H and O–H groups in total. The van der Waals surface area contributed by atoms with E-state index in [1.165, 1.54) is 30.7 Å². The lowest BCUT2D eigenvalue weighted by Crippen LogP contribution is -2.24. The fourth-order valence-corrected chi connectivity index (χ4v) is 1.87. The lowest BCUT2D eigenvalue weighted by atomic mass is 10.2. The Labute approximate surface area is 121 Å². The first kappa shape index (κ1) is 14.6. The highest BCUT2D eigenvalue weighted by atomic mass is 16.1. The van der Waals surface area contributed by atoms with Crippen LogP contribution in [0.1, 0.15) is 29.9 Å². The molecule has 108 valence electrons. The van der Waals surface area contributed by atoms with Gasteiger partial charge in [-0.15, -0.1) is 0 Å². The Kier molecular flexibility index (Phi) is 4.27. The van der Waals surface area contributed by atoms with Crippen LogP contribution in [0.15, 0.2) is 41.2 Å². The SMILES string of the molecule is CC(=O)Nc1cccc(Cn2nc(C(C)=O)ccc2=O)c1. The van der Waals surface area contributed by atoms with Crippen LogP contribution in [-0.4, -0.2) is 21.5 Å². The van der Waals surface area contributed by atoms with E-state index in [1.54, 1.807) is 18.2 Å². The third-order valence-corrected chi connectivity index (χ3v) is 2.81. The third-order valence-electron chi connectivity index (χ3n) is 2.81.